The van der Waals surface area contributed by atoms with E-state index in [9.17, 15) is 0 Å². The van der Waals surface area contributed by atoms with E-state index in [-0.39, 0.29) is 0 Å². The SMILES string of the molecule is Clc1cccc(Cn2cc(I)cn2)c1. The van der Waals surface area contributed by atoms with Gasteiger partial charge in [0.2, 0.25) is 0 Å². The average molecular weight is 319 g/mol. The molecular formula is C10H8ClIN2. The highest BCUT2D eigenvalue weighted by Crippen LogP contribution is 2.12. The fourth-order valence-corrected chi connectivity index (χ4v) is 1.91. The summed E-state index contributed by atoms with van der Waals surface area (Å²) in [5.74, 6) is 0. The normalized spacial score (nSPS) is 10.4. The van der Waals surface area contributed by atoms with Crippen molar-refractivity contribution in [3.8, 4) is 0 Å². The number of benzene rings is 1. The molecule has 0 saturated carbocycles. The van der Waals surface area contributed by atoms with Gasteiger partial charge in [-0.25, -0.2) is 0 Å². The van der Waals surface area contributed by atoms with Crippen molar-refractivity contribution in [3.63, 3.8) is 0 Å². The highest BCUT2D eigenvalue weighted by atomic mass is 127. The van der Waals surface area contributed by atoms with Gasteiger partial charge < -0.3 is 0 Å². The summed E-state index contributed by atoms with van der Waals surface area (Å²) >= 11 is 8.13. The van der Waals surface area contributed by atoms with Gasteiger partial charge in [0.05, 0.1) is 16.3 Å². The molecule has 14 heavy (non-hydrogen) atoms. The maximum absolute atomic E-state index is 5.89. The summed E-state index contributed by atoms with van der Waals surface area (Å²) in [6, 6.07) is 7.82. The Morgan fingerprint density at radius 1 is 1.43 bits per heavy atom. The molecule has 1 aromatic carbocycles. The lowest BCUT2D eigenvalue weighted by Crippen LogP contribution is -1.99. The zero-order valence-corrected chi connectivity index (χ0v) is 10.2. The minimum absolute atomic E-state index is 0.767. The quantitative estimate of drug-likeness (QED) is 0.778. The molecule has 0 N–H and O–H groups in total. The molecule has 0 fully saturated rings. The smallest absolute Gasteiger partial charge is 0.0660 e. The second-order valence-electron chi connectivity index (χ2n) is 2.99. The molecule has 0 atom stereocenters. The first-order valence-corrected chi connectivity index (χ1v) is 5.62. The predicted octanol–water partition coefficient (Wildman–Crippen LogP) is 3.19. The van der Waals surface area contributed by atoms with E-state index in [0.717, 1.165) is 20.7 Å². The second-order valence-corrected chi connectivity index (χ2v) is 4.67. The van der Waals surface area contributed by atoms with Crippen LogP contribution in [0.1, 0.15) is 5.56 Å². The lowest BCUT2D eigenvalue weighted by atomic mass is 10.2. The first kappa shape index (κ1) is 9.98. The summed E-state index contributed by atoms with van der Waals surface area (Å²) in [5.41, 5.74) is 1.16. The van der Waals surface area contributed by atoms with Gasteiger partial charge in [-0.2, -0.15) is 5.10 Å². The van der Waals surface area contributed by atoms with Crippen LogP contribution in [0.2, 0.25) is 5.02 Å². The summed E-state index contributed by atoms with van der Waals surface area (Å²) in [6.45, 7) is 0.767. The highest BCUT2D eigenvalue weighted by Gasteiger charge is 1.97. The number of nitrogens with zero attached hydrogens (tertiary/aromatic N) is 2. The zero-order chi connectivity index (χ0) is 9.97. The van der Waals surface area contributed by atoms with Gasteiger partial charge in [0.15, 0.2) is 0 Å². The van der Waals surface area contributed by atoms with Crippen LogP contribution in [0.25, 0.3) is 0 Å². The molecule has 4 heteroatoms. The van der Waals surface area contributed by atoms with Crippen LogP contribution in [0.15, 0.2) is 36.7 Å². The summed E-state index contributed by atoms with van der Waals surface area (Å²) in [6.07, 6.45) is 3.84. The Kier molecular flexibility index (Phi) is 3.08. The van der Waals surface area contributed by atoms with Crippen LogP contribution >= 0.6 is 34.2 Å². The lowest BCUT2D eigenvalue weighted by Gasteiger charge is -2.01. The first-order valence-electron chi connectivity index (χ1n) is 4.16. The standard InChI is InChI=1S/C10H8ClIN2/c11-9-3-1-2-8(4-9)6-14-7-10(12)5-13-14/h1-5,7H,6H2. The van der Waals surface area contributed by atoms with E-state index in [4.69, 9.17) is 11.6 Å². The average Bonchev–Trinajstić information content (AvgIpc) is 2.51. The molecule has 1 heterocycles. The molecule has 0 aliphatic heterocycles. The Morgan fingerprint density at radius 2 is 2.29 bits per heavy atom. The van der Waals surface area contributed by atoms with Gasteiger partial charge in [-0.1, -0.05) is 23.7 Å². The van der Waals surface area contributed by atoms with Gasteiger partial charge in [0.1, 0.15) is 0 Å². The molecule has 72 valence electrons. The first-order chi connectivity index (χ1) is 6.74. The fourth-order valence-electron chi connectivity index (χ4n) is 1.25. The zero-order valence-electron chi connectivity index (χ0n) is 7.32. The Balaban J connectivity index is 2.18. The number of hydrogen-bond donors (Lipinski definition) is 0. The lowest BCUT2D eigenvalue weighted by molar-refractivity contribution is 0.686. The third-order valence-corrected chi connectivity index (χ3v) is 2.63. The number of halogens is 2. The predicted molar refractivity (Wildman–Crippen MR) is 65.5 cm³/mol. The molecule has 0 saturated heterocycles. The van der Waals surface area contributed by atoms with E-state index in [1.54, 1.807) is 0 Å². The van der Waals surface area contributed by atoms with Crippen LogP contribution in [-0.4, -0.2) is 9.78 Å². The molecule has 0 unspecified atom stereocenters. The molecular weight excluding hydrogens is 310 g/mol. The van der Waals surface area contributed by atoms with Gasteiger partial charge in [0, 0.05) is 11.2 Å². The minimum atomic E-state index is 0.767. The van der Waals surface area contributed by atoms with E-state index in [0.29, 0.717) is 0 Å². The van der Waals surface area contributed by atoms with Crippen molar-refractivity contribution >= 4 is 34.2 Å². The van der Waals surface area contributed by atoms with Crippen LogP contribution in [0.5, 0.6) is 0 Å². The monoisotopic (exact) mass is 318 g/mol. The molecule has 1 aromatic heterocycles. The number of rotatable bonds is 2. The largest absolute Gasteiger partial charge is 0.267 e. The Hall–Kier alpha value is -0.550. The summed E-state index contributed by atoms with van der Waals surface area (Å²) < 4.78 is 3.04. The van der Waals surface area contributed by atoms with Crippen LogP contribution in [0.4, 0.5) is 0 Å². The Morgan fingerprint density at radius 3 is 2.93 bits per heavy atom. The molecule has 0 aliphatic carbocycles. The molecule has 0 spiro atoms. The maximum atomic E-state index is 5.89. The van der Waals surface area contributed by atoms with E-state index >= 15 is 0 Å². The molecule has 0 bridgehead atoms. The fraction of sp³-hybridized carbons (Fsp3) is 0.100. The van der Waals surface area contributed by atoms with E-state index < -0.39 is 0 Å². The molecule has 2 nitrogen and oxygen atoms in total. The number of hydrogen-bond acceptors (Lipinski definition) is 1. The van der Waals surface area contributed by atoms with E-state index in [1.165, 1.54) is 0 Å². The van der Waals surface area contributed by atoms with Gasteiger partial charge in [-0.15, -0.1) is 0 Å². The molecule has 0 radical (unpaired) electrons. The van der Waals surface area contributed by atoms with Gasteiger partial charge >= 0.3 is 0 Å². The van der Waals surface area contributed by atoms with Crippen molar-refractivity contribution in [1.82, 2.24) is 9.78 Å². The van der Waals surface area contributed by atoms with Gasteiger partial charge in [0.25, 0.3) is 0 Å². The highest BCUT2D eigenvalue weighted by molar-refractivity contribution is 14.1. The minimum Gasteiger partial charge on any atom is -0.267 e. The van der Waals surface area contributed by atoms with Crippen LogP contribution in [0, 0.1) is 3.57 Å². The molecule has 0 aliphatic rings. The topological polar surface area (TPSA) is 17.8 Å². The Bertz CT molecular complexity index is 439. The third-order valence-electron chi connectivity index (χ3n) is 1.84. The van der Waals surface area contributed by atoms with Crippen LogP contribution < -0.4 is 0 Å². The van der Waals surface area contributed by atoms with Crippen molar-refractivity contribution < 1.29 is 0 Å². The van der Waals surface area contributed by atoms with Gasteiger partial charge in [-0.3, -0.25) is 4.68 Å². The van der Waals surface area contributed by atoms with E-state index in [2.05, 4.69) is 27.7 Å². The summed E-state index contributed by atoms with van der Waals surface area (Å²) in [7, 11) is 0. The summed E-state index contributed by atoms with van der Waals surface area (Å²) in [5, 5.41) is 4.97. The molecule has 2 rings (SSSR count). The van der Waals surface area contributed by atoms with Crippen molar-refractivity contribution in [2.45, 2.75) is 6.54 Å². The van der Waals surface area contributed by atoms with Gasteiger partial charge in [-0.05, 0) is 40.3 Å². The third kappa shape index (κ3) is 2.48. The van der Waals surface area contributed by atoms with Crippen molar-refractivity contribution in [3.05, 3.63) is 50.8 Å². The van der Waals surface area contributed by atoms with E-state index in [1.807, 2.05) is 41.3 Å². The van der Waals surface area contributed by atoms with Crippen molar-refractivity contribution in [2.24, 2.45) is 0 Å². The van der Waals surface area contributed by atoms with Crippen molar-refractivity contribution in [2.75, 3.05) is 0 Å². The van der Waals surface area contributed by atoms with Crippen LogP contribution in [-0.2, 0) is 6.54 Å². The number of aromatic nitrogens is 2. The molecule has 2 aromatic rings. The van der Waals surface area contributed by atoms with Crippen LogP contribution in [0.3, 0.4) is 0 Å². The summed E-state index contributed by atoms with van der Waals surface area (Å²) in [4.78, 5) is 0. The molecule has 0 amide bonds. The Labute approximate surface area is 101 Å². The van der Waals surface area contributed by atoms with Crippen molar-refractivity contribution in [1.29, 1.82) is 0 Å². The maximum Gasteiger partial charge on any atom is 0.0660 e. The second kappa shape index (κ2) is 4.31.